The highest BCUT2D eigenvalue weighted by Gasteiger charge is 2.23. The molecule has 0 unspecified atom stereocenters. The molecule has 0 radical (unpaired) electrons. The first-order chi connectivity index (χ1) is 7.84. The van der Waals surface area contributed by atoms with Crippen LogP contribution in [0.15, 0.2) is 36.7 Å². The van der Waals surface area contributed by atoms with Crippen LogP contribution in [0.3, 0.4) is 0 Å². The lowest BCUT2D eigenvalue weighted by Crippen LogP contribution is -2.03. The van der Waals surface area contributed by atoms with Crippen molar-refractivity contribution in [1.29, 1.82) is 0 Å². The fraction of sp³-hybridized carbons (Fsp3) is 0. The quantitative estimate of drug-likeness (QED) is 0.708. The smallest absolute Gasteiger partial charge is 0.256 e. The van der Waals surface area contributed by atoms with E-state index in [1.54, 1.807) is 18.5 Å². The summed E-state index contributed by atoms with van der Waals surface area (Å²) in [5.74, 6) is 0.597. The first-order valence-corrected chi connectivity index (χ1v) is 4.96. The number of carbonyl (C=O) groups excluding carboxylic acids is 1. The van der Waals surface area contributed by atoms with Gasteiger partial charge in [0.2, 0.25) is 0 Å². The van der Waals surface area contributed by atoms with Crippen molar-refractivity contribution in [3.8, 4) is 0 Å². The number of aromatic nitrogens is 2. The second-order valence-corrected chi connectivity index (χ2v) is 3.53. The van der Waals surface area contributed by atoms with Crippen LogP contribution in [0.4, 0.5) is 5.69 Å². The Labute approximate surface area is 92.0 Å². The average molecular weight is 211 g/mol. The number of benzene rings is 1. The van der Waals surface area contributed by atoms with E-state index in [1.165, 1.54) is 0 Å². The number of para-hydroxylation sites is 1. The number of nitrogens with zero attached hydrogens (tertiary/aromatic N) is 1. The second-order valence-electron chi connectivity index (χ2n) is 3.53. The van der Waals surface area contributed by atoms with Gasteiger partial charge in [0.15, 0.2) is 0 Å². The molecule has 1 aromatic carbocycles. The molecule has 2 heterocycles. The number of nitrogens with one attached hydrogen (secondary N) is 2. The zero-order valence-electron chi connectivity index (χ0n) is 8.40. The van der Waals surface area contributed by atoms with Crippen LogP contribution in [0.5, 0.6) is 0 Å². The third kappa shape index (κ3) is 1.32. The predicted molar refractivity (Wildman–Crippen MR) is 61.5 cm³/mol. The van der Waals surface area contributed by atoms with Gasteiger partial charge in [-0.05, 0) is 12.1 Å². The normalized spacial score (nSPS) is 16.2. The Morgan fingerprint density at radius 2 is 2.12 bits per heavy atom. The van der Waals surface area contributed by atoms with Gasteiger partial charge in [0.1, 0.15) is 5.82 Å². The van der Waals surface area contributed by atoms with Gasteiger partial charge in [-0.15, -0.1) is 0 Å². The molecule has 0 bridgehead atoms. The summed E-state index contributed by atoms with van der Waals surface area (Å²) in [7, 11) is 0. The first-order valence-electron chi connectivity index (χ1n) is 4.96. The van der Waals surface area contributed by atoms with E-state index in [2.05, 4.69) is 15.3 Å². The minimum Gasteiger partial charge on any atom is -0.345 e. The molecule has 0 spiro atoms. The van der Waals surface area contributed by atoms with Crippen molar-refractivity contribution in [3.05, 3.63) is 48.0 Å². The van der Waals surface area contributed by atoms with Crippen LogP contribution in [0.25, 0.3) is 11.6 Å². The van der Waals surface area contributed by atoms with Crippen LogP contribution in [0.2, 0.25) is 0 Å². The number of rotatable bonds is 1. The number of hydrogen-bond donors (Lipinski definition) is 2. The molecule has 16 heavy (non-hydrogen) atoms. The third-order valence-corrected chi connectivity index (χ3v) is 2.51. The maximum atomic E-state index is 11.7. The van der Waals surface area contributed by atoms with Crippen molar-refractivity contribution >= 4 is 23.2 Å². The minimum absolute atomic E-state index is 0.0856. The fourth-order valence-corrected chi connectivity index (χ4v) is 1.78. The lowest BCUT2D eigenvalue weighted by atomic mass is 10.1. The minimum atomic E-state index is -0.0856. The van der Waals surface area contributed by atoms with Crippen LogP contribution in [0, 0.1) is 0 Å². The number of imidazole rings is 1. The van der Waals surface area contributed by atoms with E-state index in [4.69, 9.17) is 0 Å². The number of hydrogen-bond acceptors (Lipinski definition) is 2. The lowest BCUT2D eigenvalue weighted by Gasteiger charge is -1.95. The van der Waals surface area contributed by atoms with Crippen molar-refractivity contribution in [3.63, 3.8) is 0 Å². The molecule has 0 atom stereocenters. The number of H-pyrrole nitrogens is 1. The second kappa shape index (κ2) is 3.34. The molecule has 1 aromatic heterocycles. The van der Waals surface area contributed by atoms with Gasteiger partial charge in [-0.25, -0.2) is 4.98 Å². The third-order valence-electron chi connectivity index (χ3n) is 2.51. The first kappa shape index (κ1) is 8.91. The molecule has 4 nitrogen and oxygen atoms in total. The summed E-state index contributed by atoms with van der Waals surface area (Å²) in [5.41, 5.74) is 2.42. The van der Waals surface area contributed by atoms with Crippen LogP contribution in [-0.2, 0) is 4.79 Å². The van der Waals surface area contributed by atoms with E-state index in [0.717, 1.165) is 11.3 Å². The van der Waals surface area contributed by atoms with E-state index in [1.807, 2.05) is 24.3 Å². The number of anilines is 1. The van der Waals surface area contributed by atoms with Gasteiger partial charge in [-0.1, -0.05) is 18.2 Å². The monoisotopic (exact) mass is 211 g/mol. The van der Waals surface area contributed by atoms with Crippen molar-refractivity contribution in [1.82, 2.24) is 9.97 Å². The number of fused-ring (bicyclic) bond motifs is 1. The number of carbonyl (C=O) groups is 1. The Kier molecular flexibility index (Phi) is 1.86. The van der Waals surface area contributed by atoms with Gasteiger partial charge in [-0.2, -0.15) is 0 Å². The van der Waals surface area contributed by atoms with Crippen molar-refractivity contribution in [2.75, 3.05) is 5.32 Å². The average Bonchev–Trinajstić information content (AvgIpc) is 2.89. The maximum Gasteiger partial charge on any atom is 0.256 e. The van der Waals surface area contributed by atoms with Gasteiger partial charge < -0.3 is 10.3 Å². The van der Waals surface area contributed by atoms with Crippen LogP contribution in [-0.4, -0.2) is 15.9 Å². The highest BCUT2D eigenvalue weighted by molar-refractivity contribution is 6.34. The maximum absolute atomic E-state index is 11.7. The molecule has 1 aliphatic heterocycles. The summed E-state index contributed by atoms with van der Waals surface area (Å²) in [6.07, 6.45) is 5.14. The SMILES string of the molecule is O=C1Nc2ccccc2/C1=C\c1ncc[nH]1. The highest BCUT2D eigenvalue weighted by Crippen LogP contribution is 2.31. The molecule has 1 amide bonds. The Morgan fingerprint density at radius 1 is 1.25 bits per heavy atom. The Bertz CT molecular complexity index is 570. The Balaban J connectivity index is 2.12. The van der Waals surface area contributed by atoms with Gasteiger partial charge >= 0.3 is 0 Å². The summed E-state index contributed by atoms with van der Waals surface area (Å²) >= 11 is 0. The Morgan fingerprint density at radius 3 is 2.94 bits per heavy atom. The van der Waals surface area contributed by atoms with Crippen molar-refractivity contribution in [2.45, 2.75) is 0 Å². The zero-order chi connectivity index (χ0) is 11.0. The summed E-state index contributed by atoms with van der Waals surface area (Å²) in [5, 5.41) is 2.81. The van der Waals surface area contributed by atoms with Crippen LogP contribution < -0.4 is 5.32 Å². The van der Waals surface area contributed by atoms with E-state index < -0.39 is 0 Å². The zero-order valence-corrected chi connectivity index (χ0v) is 8.40. The molecule has 0 fully saturated rings. The molecule has 78 valence electrons. The topological polar surface area (TPSA) is 57.8 Å². The largest absolute Gasteiger partial charge is 0.345 e. The summed E-state index contributed by atoms with van der Waals surface area (Å²) in [4.78, 5) is 18.8. The fourth-order valence-electron chi connectivity index (χ4n) is 1.78. The summed E-state index contributed by atoms with van der Waals surface area (Å²) in [6, 6.07) is 7.61. The van der Waals surface area contributed by atoms with E-state index in [0.29, 0.717) is 11.4 Å². The lowest BCUT2D eigenvalue weighted by molar-refractivity contribution is -0.110. The summed E-state index contributed by atoms with van der Waals surface area (Å²) < 4.78 is 0. The van der Waals surface area contributed by atoms with E-state index in [9.17, 15) is 4.79 Å². The van der Waals surface area contributed by atoms with Gasteiger partial charge in [-0.3, -0.25) is 4.79 Å². The number of aromatic amines is 1. The van der Waals surface area contributed by atoms with Gasteiger partial charge in [0, 0.05) is 23.6 Å². The molecule has 3 rings (SSSR count). The number of amides is 1. The van der Waals surface area contributed by atoms with Crippen molar-refractivity contribution < 1.29 is 4.79 Å². The molecule has 0 aliphatic carbocycles. The van der Waals surface area contributed by atoms with Crippen molar-refractivity contribution in [2.24, 2.45) is 0 Å². The highest BCUT2D eigenvalue weighted by atomic mass is 16.2. The molecule has 0 saturated heterocycles. The standard InChI is InChI=1S/C12H9N3O/c16-12-9(7-11-13-5-6-14-11)8-3-1-2-4-10(8)15-12/h1-7H,(H,13,14)(H,15,16)/b9-7+. The predicted octanol–water partition coefficient (Wildman–Crippen LogP) is 1.90. The van der Waals surface area contributed by atoms with E-state index >= 15 is 0 Å². The molecule has 1 aliphatic rings. The van der Waals surface area contributed by atoms with Crippen LogP contribution >= 0.6 is 0 Å². The van der Waals surface area contributed by atoms with E-state index in [-0.39, 0.29) is 5.91 Å². The Hall–Kier alpha value is -2.36. The van der Waals surface area contributed by atoms with Crippen LogP contribution in [0.1, 0.15) is 11.4 Å². The summed E-state index contributed by atoms with van der Waals surface area (Å²) in [6.45, 7) is 0. The molecular weight excluding hydrogens is 202 g/mol. The van der Waals surface area contributed by atoms with Gasteiger partial charge in [0.05, 0.1) is 5.57 Å². The molecular formula is C12H9N3O. The molecule has 2 N–H and O–H groups in total. The van der Waals surface area contributed by atoms with Gasteiger partial charge in [0.25, 0.3) is 5.91 Å². The molecule has 0 saturated carbocycles. The molecule has 2 aromatic rings. The molecule has 4 heteroatoms.